The molecule has 0 fully saturated rings. The monoisotopic (exact) mass is 193 g/mol. The van der Waals surface area contributed by atoms with Crippen molar-refractivity contribution < 1.29 is 0 Å². The van der Waals surface area contributed by atoms with Crippen LogP contribution in [0.5, 0.6) is 0 Å². The minimum atomic E-state index is 0.0807. The molecule has 3 heteroatoms. The molecule has 1 aromatic heterocycles. The lowest BCUT2D eigenvalue weighted by Gasteiger charge is -2.25. The van der Waals surface area contributed by atoms with Crippen LogP contribution in [0.2, 0.25) is 0 Å². The van der Waals surface area contributed by atoms with Crippen molar-refractivity contribution in [3.05, 3.63) is 18.5 Å². The molecular weight excluding hydrogens is 174 g/mol. The van der Waals surface area contributed by atoms with Crippen molar-refractivity contribution in [2.75, 3.05) is 5.32 Å². The second kappa shape index (κ2) is 4.94. The summed E-state index contributed by atoms with van der Waals surface area (Å²) in [6.07, 6.45) is 7.10. The number of hydrogen-bond donors (Lipinski definition) is 1. The molecule has 1 N–H and O–H groups in total. The summed E-state index contributed by atoms with van der Waals surface area (Å²) in [6.45, 7) is 6.56. The van der Waals surface area contributed by atoms with Crippen LogP contribution in [0.25, 0.3) is 0 Å². The minimum absolute atomic E-state index is 0.0807. The number of rotatable bonds is 5. The first kappa shape index (κ1) is 11.0. The Morgan fingerprint density at radius 1 is 1.29 bits per heavy atom. The summed E-state index contributed by atoms with van der Waals surface area (Å²) in [4.78, 5) is 8.30. The molecule has 0 radical (unpaired) electrons. The van der Waals surface area contributed by atoms with Crippen molar-refractivity contribution in [3.8, 4) is 0 Å². The molecule has 1 heterocycles. The zero-order valence-corrected chi connectivity index (χ0v) is 9.25. The number of unbranched alkanes of at least 4 members (excludes halogenated alkanes) is 1. The third-order valence-corrected chi connectivity index (χ3v) is 2.17. The molecule has 1 aromatic rings. The van der Waals surface area contributed by atoms with Gasteiger partial charge in [-0.05, 0) is 26.3 Å². The fourth-order valence-electron chi connectivity index (χ4n) is 1.35. The van der Waals surface area contributed by atoms with Gasteiger partial charge in [-0.2, -0.15) is 0 Å². The second-order valence-electron chi connectivity index (χ2n) is 4.18. The molecule has 0 atom stereocenters. The maximum absolute atomic E-state index is 4.15. The van der Waals surface area contributed by atoms with Crippen molar-refractivity contribution >= 4 is 5.95 Å². The fraction of sp³-hybridized carbons (Fsp3) is 0.636. The molecule has 0 aromatic carbocycles. The normalized spacial score (nSPS) is 11.4. The first-order valence-corrected chi connectivity index (χ1v) is 5.19. The van der Waals surface area contributed by atoms with E-state index in [0.29, 0.717) is 5.95 Å². The van der Waals surface area contributed by atoms with Gasteiger partial charge in [-0.3, -0.25) is 0 Å². The van der Waals surface area contributed by atoms with E-state index in [0.717, 1.165) is 6.42 Å². The molecule has 0 bridgehead atoms. The van der Waals surface area contributed by atoms with E-state index < -0.39 is 0 Å². The maximum Gasteiger partial charge on any atom is 0.222 e. The Kier molecular flexibility index (Phi) is 3.86. The van der Waals surface area contributed by atoms with Crippen LogP contribution in [0.15, 0.2) is 18.5 Å². The standard InChI is InChI=1S/C11H19N3/c1-4-5-7-11(2,3)14-10-12-8-6-9-13-10/h6,8-9H,4-5,7H2,1-3H3,(H,12,13,14). The smallest absolute Gasteiger partial charge is 0.222 e. The van der Waals surface area contributed by atoms with Gasteiger partial charge in [0.2, 0.25) is 5.95 Å². The van der Waals surface area contributed by atoms with E-state index in [-0.39, 0.29) is 5.54 Å². The Hall–Kier alpha value is -1.12. The average Bonchev–Trinajstić information content (AvgIpc) is 2.16. The van der Waals surface area contributed by atoms with Crippen LogP contribution >= 0.6 is 0 Å². The minimum Gasteiger partial charge on any atom is -0.349 e. The van der Waals surface area contributed by atoms with Crippen molar-refractivity contribution in [2.45, 2.75) is 45.6 Å². The van der Waals surface area contributed by atoms with Gasteiger partial charge in [0.25, 0.3) is 0 Å². The van der Waals surface area contributed by atoms with Crippen LogP contribution in [0.3, 0.4) is 0 Å². The number of nitrogens with one attached hydrogen (secondary N) is 1. The topological polar surface area (TPSA) is 37.8 Å². The molecular formula is C11H19N3. The SMILES string of the molecule is CCCCC(C)(C)Nc1ncccn1. The molecule has 14 heavy (non-hydrogen) atoms. The Labute approximate surface area is 86.0 Å². The summed E-state index contributed by atoms with van der Waals surface area (Å²) < 4.78 is 0. The van der Waals surface area contributed by atoms with Gasteiger partial charge in [-0.1, -0.05) is 19.8 Å². The highest BCUT2D eigenvalue weighted by molar-refractivity contribution is 5.26. The second-order valence-corrected chi connectivity index (χ2v) is 4.18. The Morgan fingerprint density at radius 2 is 1.93 bits per heavy atom. The lowest BCUT2D eigenvalue weighted by molar-refractivity contribution is 0.489. The molecule has 0 aliphatic heterocycles. The van der Waals surface area contributed by atoms with E-state index in [1.807, 2.05) is 6.07 Å². The molecule has 0 aliphatic rings. The summed E-state index contributed by atoms with van der Waals surface area (Å²) in [6, 6.07) is 1.82. The zero-order valence-electron chi connectivity index (χ0n) is 9.25. The number of nitrogens with zero attached hydrogens (tertiary/aromatic N) is 2. The van der Waals surface area contributed by atoms with E-state index >= 15 is 0 Å². The highest BCUT2D eigenvalue weighted by Gasteiger charge is 2.17. The van der Waals surface area contributed by atoms with Crippen molar-refractivity contribution in [1.82, 2.24) is 9.97 Å². The molecule has 3 nitrogen and oxygen atoms in total. The highest BCUT2D eigenvalue weighted by atomic mass is 15.1. The number of aromatic nitrogens is 2. The molecule has 1 rings (SSSR count). The Morgan fingerprint density at radius 3 is 2.50 bits per heavy atom. The predicted octanol–water partition coefficient (Wildman–Crippen LogP) is 2.86. The van der Waals surface area contributed by atoms with Crippen molar-refractivity contribution in [3.63, 3.8) is 0 Å². The first-order valence-electron chi connectivity index (χ1n) is 5.19. The molecule has 0 aliphatic carbocycles. The van der Waals surface area contributed by atoms with Gasteiger partial charge < -0.3 is 5.32 Å². The van der Waals surface area contributed by atoms with Gasteiger partial charge >= 0.3 is 0 Å². The van der Waals surface area contributed by atoms with E-state index in [2.05, 4.69) is 36.1 Å². The largest absolute Gasteiger partial charge is 0.349 e. The Bertz CT molecular complexity index is 256. The van der Waals surface area contributed by atoms with Gasteiger partial charge in [0, 0.05) is 17.9 Å². The van der Waals surface area contributed by atoms with E-state index in [4.69, 9.17) is 0 Å². The molecule has 0 amide bonds. The lowest BCUT2D eigenvalue weighted by Crippen LogP contribution is -2.31. The van der Waals surface area contributed by atoms with Crippen LogP contribution in [0.1, 0.15) is 40.0 Å². The zero-order chi connectivity index (χ0) is 10.4. The van der Waals surface area contributed by atoms with Crippen molar-refractivity contribution in [2.24, 2.45) is 0 Å². The first-order chi connectivity index (χ1) is 6.64. The summed E-state index contributed by atoms with van der Waals surface area (Å²) in [7, 11) is 0. The average molecular weight is 193 g/mol. The molecule has 78 valence electrons. The third kappa shape index (κ3) is 3.73. The highest BCUT2D eigenvalue weighted by Crippen LogP contribution is 2.17. The molecule has 0 saturated carbocycles. The lowest BCUT2D eigenvalue weighted by atomic mass is 9.98. The molecule has 0 saturated heterocycles. The Balaban J connectivity index is 2.50. The van der Waals surface area contributed by atoms with E-state index in [1.165, 1.54) is 12.8 Å². The fourth-order valence-corrected chi connectivity index (χ4v) is 1.35. The number of hydrogen-bond acceptors (Lipinski definition) is 3. The van der Waals surface area contributed by atoms with Gasteiger partial charge in [0.05, 0.1) is 0 Å². The van der Waals surface area contributed by atoms with Crippen LogP contribution in [-0.2, 0) is 0 Å². The third-order valence-electron chi connectivity index (χ3n) is 2.17. The summed E-state index contributed by atoms with van der Waals surface area (Å²) >= 11 is 0. The summed E-state index contributed by atoms with van der Waals surface area (Å²) in [5, 5.41) is 3.33. The van der Waals surface area contributed by atoms with Crippen LogP contribution in [0, 0.1) is 0 Å². The molecule has 0 unspecified atom stereocenters. The van der Waals surface area contributed by atoms with Gasteiger partial charge in [-0.15, -0.1) is 0 Å². The quantitative estimate of drug-likeness (QED) is 0.781. The van der Waals surface area contributed by atoms with Gasteiger partial charge in [0.15, 0.2) is 0 Å². The summed E-state index contributed by atoms with van der Waals surface area (Å²) in [5.74, 6) is 0.716. The summed E-state index contributed by atoms with van der Waals surface area (Å²) in [5.41, 5.74) is 0.0807. The van der Waals surface area contributed by atoms with E-state index in [9.17, 15) is 0 Å². The van der Waals surface area contributed by atoms with Gasteiger partial charge in [-0.25, -0.2) is 9.97 Å². The number of anilines is 1. The van der Waals surface area contributed by atoms with Gasteiger partial charge in [0.1, 0.15) is 0 Å². The predicted molar refractivity (Wildman–Crippen MR) is 59.3 cm³/mol. The molecule has 0 spiro atoms. The maximum atomic E-state index is 4.15. The van der Waals surface area contributed by atoms with Crippen LogP contribution in [-0.4, -0.2) is 15.5 Å². The van der Waals surface area contributed by atoms with Crippen molar-refractivity contribution in [1.29, 1.82) is 0 Å². The van der Waals surface area contributed by atoms with E-state index in [1.54, 1.807) is 12.4 Å². The van der Waals surface area contributed by atoms with Crippen LogP contribution in [0.4, 0.5) is 5.95 Å². The van der Waals surface area contributed by atoms with Crippen LogP contribution < -0.4 is 5.32 Å².